The third kappa shape index (κ3) is 3.75. The Morgan fingerprint density at radius 3 is 2.63 bits per heavy atom. The standard InChI is InChI=1S/C13H12BrN3O2/c14-12-9-11(17(18)19)1-2-13(12)16-8-5-10-3-6-15-7-4-10/h1-4,6-7,9,16H,5,8H2. The average Bonchev–Trinajstić information content (AvgIpc) is 2.41. The minimum Gasteiger partial charge on any atom is -0.384 e. The van der Waals surface area contributed by atoms with Gasteiger partial charge < -0.3 is 5.32 Å². The lowest BCUT2D eigenvalue weighted by atomic mass is 10.2. The fraction of sp³-hybridized carbons (Fsp3) is 0.154. The van der Waals surface area contributed by atoms with Crippen molar-refractivity contribution in [3.8, 4) is 0 Å². The molecule has 2 rings (SSSR count). The van der Waals surface area contributed by atoms with Gasteiger partial charge in [0.2, 0.25) is 0 Å². The van der Waals surface area contributed by atoms with Crippen LogP contribution in [0.1, 0.15) is 5.56 Å². The number of hydrogen-bond donors (Lipinski definition) is 1. The summed E-state index contributed by atoms with van der Waals surface area (Å²) in [5.41, 5.74) is 2.12. The van der Waals surface area contributed by atoms with Crippen LogP contribution in [0.4, 0.5) is 11.4 Å². The van der Waals surface area contributed by atoms with Crippen molar-refractivity contribution in [1.82, 2.24) is 4.98 Å². The summed E-state index contributed by atoms with van der Waals surface area (Å²) in [6.45, 7) is 0.750. The van der Waals surface area contributed by atoms with Crippen LogP contribution in [-0.4, -0.2) is 16.5 Å². The van der Waals surface area contributed by atoms with E-state index in [9.17, 15) is 10.1 Å². The molecular formula is C13H12BrN3O2. The molecule has 0 spiro atoms. The van der Waals surface area contributed by atoms with E-state index in [1.165, 1.54) is 17.7 Å². The predicted octanol–water partition coefficient (Wildman–Crippen LogP) is 3.41. The molecule has 0 atom stereocenters. The van der Waals surface area contributed by atoms with E-state index in [4.69, 9.17) is 0 Å². The van der Waals surface area contributed by atoms with E-state index < -0.39 is 4.92 Å². The number of nitro benzene ring substituents is 1. The molecule has 0 radical (unpaired) electrons. The van der Waals surface area contributed by atoms with E-state index >= 15 is 0 Å². The van der Waals surface area contributed by atoms with Crippen molar-refractivity contribution >= 4 is 27.3 Å². The van der Waals surface area contributed by atoms with Crippen LogP contribution in [0, 0.1) is 10.1 Å². The SMILES string of the molecule is O=[N+]([O-])c1ccc(NCCc2ccncc2)c(Br)c1. The molecule has 0 unspecified atom stereocenters. The Bertz CT molecular complexity index is 575. The van der Waals surface area contributed by atoms with Gasteiger partial charge >= 0.3 is 0 Å². The van der Waals surface area contributed by atoms with E-state index in [2.05, 4.69) is 26.2 Å². The Kier molecular flexibility index (Phi) is 4.46. The first-order valence-corrected chi connectivity index (χ1v) is 6.53. The van der Waals surface area contributed by atoms with Crippen LogP contribution >= 0.6 is 15.9 Å². The second-order valence-corrected chi connectivity index (χ2v) is 4.81. The van der Waals surface area contributed by atoms with Gasteiger partial charge in [-0.1, -0.05) is 0 Å². The molecule has 0 fully saturated rings. The van der Waals surface area contributed by atoms with Crippen molar-refractivity contribution in [1.29, 1.82) is 0 Å². The molecule has 0 saturated carbocycles. The Labute approximate surface area is 119 Å². The first-order chi connectivity index (χ1) is 9.16. The number of anilines is 1. The molecule has 0 saturated heterocycles. The number of hydrogen-bond acceptors (Lipinski definition) is 4. The lowest BCUT2D eigenvalue weighted by Crippen LogP contribution is -2.05. The van der Waals surface area contributed by atoms with Gasteiger partial charge in [0.05, 0.1) is 4.92 Å². The fourth-order valence-corrected chi connectivity index (χ4v) is 2.16. The molecule has 2 aromatic rings. The third-order valence-electron chi connectivity index (χ3n) is 2.64. The molecule has 19 heavy (non-hydrogen) atoms. The number of nitrogens with one attached hydrogen (secondary N) is 1. The predicted molar refractivity (Wildman–Crippen MR) is 77.2 cm³/mol. The zero-order valence-electron chi connectivity index (χ0n) is 10.0. The van der Waals surface area contributed by atoms with Crippen molar-refractivity contribution in [2.45, 2.75) is 6.42 Å². The summed E-state index contributed by atoms with van der Waals surface area (Å²) < 4.78 is 0.691. The summed E-state index contributed by atoms with van der Waals surface area (Å²) in [5, 5.41) is 13.9. The van der Waals surface area contributed by atoms with Crippen molar-refractivity contribution in [2.24, 2.45) is 0 Å². The Hall–Kier alpha value is -1.95. The largest absolute Gasteiger partial charge is 0.384 e. The van der Waals surface area contributed by atoms with Crippen molar-refractivity contribution in [3.63, 3.8) is 0 Å². The number of halogens is 1. The Balaban J connectivity index is 1.95. The highest BCUT2D eigenvalue weighted by Crippen LogP contribution is 2.26. The summed E-state index contributed by atoms with van der Waals surface area (Å²) in [6.07, 6.45) is 4.39. The van der Waals surface area contributed by atoms with Gasteiger partial charge in [-0.25, -0.2) is 0 Å². The van der Waals surface area contributed by atoms with Gasteiger partial charge in [0.1, 0.15) is 0 Å². The van der Waals surface area contributed by atoms with Crippen LogP contribution in [0.5, 0.6) is 0 Å². The highest BCUT2D eigenvalue weighted by atomic mass is 79.9. The molecule has 1 N–H and O–H groups in total. The van der Waals surface area contributed by atoms with Crippen LogP contribution in [0.2, 0.25) is 0 Å². The van der Waals surface area contributed by atoms with Crippen molar-refractivity contribution < 1.29 is 4.92 Å². The smallest absolute Gasteiger partial charge is 0.270 e. The second kappa shape index (κ2) is 6.29. The summed E-state index contributed by atoms with van der Waals surface area (Å²) in [4.78, 5) is 14.2. The average molecular weight is 322 g/mol. The van der Waals surface area contributed by atoms with Crippen molar-refractivity contribution in [2.75, 3.05) is 11.9 Å². The first kappa shape index (κ1) is 13.5. The molecule has 0 aliphatic carbocycles. The number of non-ortho nitro benzene ring substituents is 1. The maximum Gasteiger partial charge on any atom is 0.270 e. The highest BCUT2D eigenvalue weighted by Gasteiger charge is 2.08. The van der Waals surface area contributed by atoms with Gasteiger partial charge in [-0.15, -0.1) is 0 Å². The maximum atomic E-state index is 10.6. The van der Waals surface area contributed by atoms with Crippen LogP contribution in [0.15, 0.2) is 47.2 Å². The molecule has 1 aromatic heterocycles. The molecule has 0 amide bonds. The number of benzene rings is 1. The monoisotopic (exact) mass is 321 g/mol. The molecule has 0 aliphatic heterocycles. The molecule has 0 bridgehead atoms. The molecule has 5 nitrogen and oxygen atoms in total. The van der Waals surface area contributed by atoms with Crippen molar-refractivity contribution in [3.05, 3.63) is 62.9 Å². The minimum absolute atomic E-state index is 0.0755. The van der Waals surface area contributed by atoms with E-state index in [1.807, 2.05) is 12.1 Å². The Morgan fingerprint density at radius 2 is 2.00 bits per heavy atom. The number of aromatic nitrogens is 1. The molecule has 1 heterocycles. The van der Waals surface area contributed by atoms with E-state index in [0.717, 1.165) is 18.7 Å². The number of rotatable bonds is 5. The van der Waals surface area contributed by atoms with Crippen LogP contribution in [0.3, 0.4) is 0 Å². The quantitative estimate of drug-likeness (QED) is 0.677. The van der Waals surface area contributed by atoms with Gasteiger partial charge in [-0.3, -0.25) is 15.1 Å². The van der Waals surface area contributed by atoms with E-state index in [-0.39, 0.29) is 5.69 Å². The molecule has 98 valence electrons. The van der Waals surface area contributed by atoms with Crippen LogP contribution in [0.25, 0.3) is 0 Å². The molecule has 0 aliphatic rings. The summed E-state index contributed by atoms with van der Waals surface area (Å²) in [6, 6.07) is 8.61. The van der Waals surface area contributed by atoms with Gasteiger partial charge in [0.25, 0.3) is 5.69 Å². The molecule has 6 heteroatoms. The maximum absolute atomic E-state index is 10.6. The second-order valence-electron chi connectivity index (χ2n) is 3.95. The Morgan fingerprint density at radius 1 is 1.26 bits per heavy atom. The molecule has 1 aromatic carbocycles. The fourth-order valence-electron chi connectivity index (χ4n) is 1.65. The number of nitro groups is 1. The van der Waals surface area contributed by atoms with E-state index in [1.54, 1.807) is 18.5 Å². The van der Waals surface area contributed by atoms with Crippen LogP contribution < -0.4 is 5.32 Å². The summed E-state index contributed by atoms with van der Waals surface area (Å²) >= 11 is 3.32. The van der Waals surface area contributed by atoms with Gasteiger partial charge in [0, 0.05) is 41.2 Å². The summed E-state index contributed by atoms with van der Waals surface area (Å²) in [7, 11) is 0. The zero-order chi connectivity index (χ0) is 13.7. The van der Waals surface area contributed by atoms with Crippen LogP contribution in [-0.2, 0) is 6.42 Å². The molecular weight excluding hydrogens is 310 g/mol. The normalized spacial score (nSPS) is 10.2. The lowest BCUT2D eigenvalue weighted by Gasteiger charge is -2.08. The van der Waals surface area contributed by atoms with Gasteiger partial charge in [-0.2, -0.15) is 0 Å². The van der Waals surface area contributed by atoms with Gasteiger partial charge in [-0.05, 0) is 46.1 Å². The lowest BCUT2D eigenvalue weighted by molar-refractivity contribution is -0.384. The number of nitrogens with zero attached hydrogens (tertiary/aromatic N) is 2. The van der Waals surface area contributed by atoms with E-state index in [0.29, 0.717) is 4.47 Å². The highest BCUT2D eigenvalue weighted by molar-refractivity contribution is 9.10. The zero-order valence-corrected chi connectivity index (χ0v) is 11.6. The minimum atomic E-state index is -0.411. The van der Waals surface area contributed by atoms with Gasteiger partial charge in [0.15, 0.2) is 0 Å². The topological polar surface area (TPSA) is 68.1 Å². The third-order valence-corrected chi connectivity index (χ3v) is 3.30. The summed E-state index contributed by atoms with van der Waals surface area (Å²) in [5.74, 6) is 0. The number of pyridine rings is 1. The first-order valence-electron chi connectivity index (χ1n) is 5.73.